The van der Waals surface area contributed by atoms with Crippen molar-refractivity contribution in [2.45, 2.75) is 12.6 Å². The predicted octanol–water partition coefficient (Wildman–Crippen LogP) is 4.01. The zero-order chi connectivity index (χ0) is 14.0. The average Bonchev–Trinajstić information content (AvgIpc) is 2.52. The molecule has 100 valence electrons. The summed E-state index contributed by atoms with van der Waals surface area (Å²) in [5.74, 6) is 0. The Labute approximate surface area is 117 Å². The normalized spacial score (nSPS) is 21.7. The van der Waals surface area contributed by atoms with Crippen molar-refractivity contribution < 1.29 is 5.21 Å². The third kappa shape index (κ3) is 2.10. The Morgan fingerprint density at radius 2 is 1.55 bits per heavy atom. The minimum absolute atomic E-state index is 0.640. The van der Waals surface area contributed by atoms with Gasteiger partial charge in [0.25, 0.3) is 0 Å². The molecule has 2 aromatic rings. The number of hydrogen-bond acceptors (Lipinski definition) is 4. The monoisotopic (exact) mass is 265 g/mol. The molecule has 3 rings (SSSR count). The van der Waals surface area contributed by atoms with Gasteiger partial charge >= 0.3 is 0 Å². The molecule has 1 atom stereocenters. The van der Waals surface area contributed by atoms with Crippen LogP contribution < -0.4 is 0 Å². The quantitative estimate of drug-likeness (QED) is 0.891. The van der Waals surface area contributed by atoms with E-state index in [4.69, 9.17) is 0 Å². The highest BCUT2D eigenvalue weighted by atomic mass is 16.5. The van der Waals surface area contributed by atoms with Crippen molar-refractivity contribution in [1.29, 1.82) is 0 Å². The number of azo groups is 1. The third-order valence-corrected chi connectivity index (χ3v) is 3.43. The lowest BCUT2D eigenvalue weighted by Gasteiger charge is -2.34. The molecule has 0 saturated heterocycles. The summed E-state index contributed by atoms with van der Waals surface area (Å²) >= 11 is 0. The van der Waals surface area contributed by atoms with Gasteiger partial charge in [-0.3, -0.25) is 5.21 Å². The van der Waals surface area contributed by atoms with Crippen LogP contribution in [0, 0.1) is 0 Å². The van der Waals surface area contributed by atoms with E-state index in [2.05, 4.69) is 10.2 Å². The molecule has 20 heavy (non-hydrogen) atoms. The van der Waals surface area contributed by atoms with E-state index in [1.54, 1.807) is 6.20 Å². The number of hydrogen-bond donors (Lipinski definition) is 1. The maximum Gasteiger partial charge on any atom is 0.198 e. The summed E-state index contributed by atoms with van der Waals surface area (Å²) in [5, 5.41) is 20.0. The summed E-state index contributed by atoms with van der Waals surface area (Å²) in [5.41, 5.74) is 1.56. The molecule has 1 unspecified atom stereocenters. The van der Waals surface area contributed by atoms with Gasteiger partial charge in [-0.05, 0) is 6.92 Å². The fraction of sp³-hybridized carbons (Fsp3) is 0.125. The van der Waals surface area contributed by atoms with Gasteiger partial charge in [-0.1, -0.05) is 60.7 Å². The molecule has 1 heterocycles. The van der Waals surface area contributed by atoms with Crippen LogP contribution >= 0.6 is 0 Å². The smallest absolute Gasteiger partial charge is 0.198 e. The SMILES string of the molecule is CC1(c2ccccc2)N=NC(c2ccccc2)=CN1O. The lowest BCUT2D eigenvalue weighted by Crippen LogP contribution is -2.37. The summed E-state index contributed by atoms with van der Waals surface area (Å²) in [6.07, 6.45) is 1.61. The number of nitrogens with zero attached hydrogens (tertiary/aromatic N) is 3. The van der Waals surface area contributed by atoms with Crippen LogP contribution in [0.1, 0.15) is 18.1 Å². The Kier molecular flexibility index (Phi) is 3.08. The van der Waals surface area contributed by atoms with Crippen LogP contribution in [-0.2, 0) is 5.66 Å². The second-order valence-corrected chi connectivity index (χ2v) is 4.81. The van der Waals surface area contributed by atoms with Gasteiger partial charge in [-0.2, -0.15) is 10.2 Å². The average molecular weight is 265 g/mol. The van der Waals surface area contributed by atoms with Crippen LogP contribution in [-0.4, -0.2) is 10.3 Å². The van der Waals surface area contributed by atoms with Crippen molar-refractivity contribution in [1.82, 2.24) is 5.06 Å². The molecule has 0 aromatic heterocycles. The van der Waals surface area contributed by atoms with Gasteiger partial charge in [0.15, 0.2) is 5.66 Å². The molecular formula is C16H15N3O. The summed E-state index contributed by atoms with van der Waals surface area (Å²) < 4.78 is 0. The first kappa shape index (κ1) is 12.6. The molecule has 0 spiro atoms. The molecule has 2 aromatic carbocycles. The van der Waals surface area contributed by atoms with E-state index in [1.165, 1.54) is 0 Å². The fourth-order valence-corrected chi connectivity index (χ4v) is 2.15. The summed E-state index contributed by atoms with van der Waals surface area (Å²) in [6.45, 7) is 1.82. The standard InChI is InChI=1S/C16H15N3O/c1-16(14-10-6-3-7-11-14)18-17-15(12-19(16)20)13-8-4-2-5-9-13/h2-12,20H,1H3. The molecule has 4 heteroatoms. The first-order chi connectivity index (χ1) is 9.70. The number of benzene rings is 2. The van der Waals surface area contributed by atoms with E-state index in [1.807, 2.05) is 67.6 Å². The van der Waals surface area contributed by atoms with Crippen molar-refractivity contribution in [2.24, 2.45) is 10.2 Å². The summed E-state index contributed by atoms with van der Waals surface area (Å²) in [4.78, 5) is 0. The van der Waals surface area contributed by atoms with Gasteiger partial charge in [-0.25, -0.2) is 5.06 Å². The largest absolute Gasteiger partial charge is 0.286 e. The van der Waals surface area contributed by atoms with Crippen LogP contribution in [0.4, 0.5) is 0 Å². The molecule has 4 nitrogen and oxygen atoms in total. The predicted molar refractivity (Wildman–Crippen MR) is 76.7 cm³/mol. The Morgan fingerprint density at radius 1 is 0.950 bits per heavy atom. The van der Waals surface area contributed by atoms with E-state index < -0.39 is 5.66 Å². The van der Waals surface area contributed by atoms with Gasteiger partial charge in [0, 0.05) is 11.1 Å². The van der Waals surface area contributed by atoms with E-state index in [-0.39, 0.29) is 0 Å². The molecule has 0 radical (unpaired) electrons. The highest BCUT2D eigenvalue weighted by Crippen LogP contribution is 2.35. The molecule has 1 aliphatic rings. The second-order valence-electron chi connectivity index (χ2n) is 4.81. The van der Waals surface area contributed by atoms with Gasteiger partial charge in [0.05, 0.1) is 6.20 Å². The molecule has 0 bridgehead atoms. The number of rotatable bonds is 2. The summed E-state index contributed by atoms with van der Waals surface area (Å²) in [7, 11) is 0. The van der Waals surface area contributed by atoms with Crippen LogP contribution in [0.2, 0.25) is 0 Å². The van der Waals surface area contributed by atoms with Crippen molar-refractivity contribution in [3.63, 3.8) is 0 Å². The van der Waals surface area contributed by atoms with Gasteiger partial charge in [-0.15, -0.1) is 0 Å². The minimum Gasteiger partial charge on any atom is -0.286 e. The van der Waals surface area contributed by atoms with E-state index in [0.29, 0.717) is 5.70 Å². The first-order valence-electron chi connectivity index (χ1n) is 6.44. The molecule has 0 fully saturated rings. The maximum atomic E-state index is 10.3. The van der Waals surface area contributed by atoms with Crippen molar-refractivity contribution in [2.75, 3.05) is 0 Å². The Hall–Kier alpha value is -2.46. The summed E-state index contributed by atoms with van der Waals surface area (Å²) in [6, 6.07) is 19.3. The van der Waals surface area contributed by atoms with Crippen LogP contribution in [0.5, 0.6) is 0 Å². The molecule has 1 aliphatic heterocycles. The molecule has 0 aliphatic carbocycles. The van der Waals surface area contributed by atoms with E-state index in [0.717, 1.165) is 16.2 Å². The van der Waals surface area contributed by atoms with Crippen molar-refractivity contribution >= 4 is 5.70 Å². The van der Waals surface area contributed by atoms with Gasteiger partial charge in [0.1, 0.15) is 5.70 Å². The van der Waals surface area contributed by atoms with Crippen LogP contribution in [0.15, 0.2) is 77.1 Å². The Bertz CT molecular complexity index is 652. The highest BCUT2D eigenvalue weighted by molar-refractivity contribution is 5.64. The third-order valence-electron chi connectivity index (χ3n) is 3.43. The van der Waals surface area contributed by atoms with Crippen LogP contribution in [0.25, 0.3) is 5.70 Å². The first-order valence-corrected chi connectivity index (χ1v) is 6.44. The maximum absolute atomic E-state index is 10.3. The Morgan fingerprint density at radius 3 is 2.15 bits per heavy atom. The van der Waals surface area contributed by atoms with Gasteiger partial charge in [0.2, 0.25) is 0 Å². The molecule has 0 amide bonds. The topological polar surface area (TPSA) is 48.2 Å². The minimum atomic E-state index is -0.889. The van der Waals surface area contributed by atoms with E-state index in [9.17, 15) is 5.21 Å². The van der Waals surface area contributed by atoms with Crippen molar-refractivity contribution in [3.8, 4) is 0 Å². The van der Waals surface area contributed by atoms with Gasteiger partial charge < -0.3 is 0 Å². The second kappa shape index (κ2) is 4.90. The zero-order valence-electron chi connectivity index (χ0n) is 11.1. The molecular weight excluding hydrogens is 250 g/mol. The highest BCUT2D eigenvalue weighted by Gasteiger charge is 2.34. The molecule has 0 saturated carbocycles. The number of hydroxylamine groups is 2. The lowest BCUT2D eigenvalue weighted by atomic mass is 10.0. The van der Waals surface area contributed by atoms with Crippen LogP contribution in [0.3, 0.4) is 0 Å². The van der Waals surface area contributed by atoms with E-state index >= 15 is 0 Å². The molecule has 1 N–H and O–H groups in total. The zero-order valence-corrected chi connectivity index (χ0v) is 11.1. The Balaban J connectivity index is 1.95. The van der Waals surface area contributed by atoms with Crippen molar-refractivity contribution in [3.05, 3.63) is 78.0 Å². The lowest BCUT2D eigenvalue weighted by molar-refractivity contribution is -0.130. The fourth-order valence-electron chi connectivity index (χ4n) is 2.15.